The minimum absolute atomic E-state index is 0.0311. The van der Waals surface area contributed by atoms with Crippen molar-refractivity contribution in [2.45, 2.75) is 38.9 Å². The number of carbonyl (C=O) groups is 2. The number of ether oxygens (including phenoxy) is 2. The fraction of sp³-hybridized carbons (Fsp3) is 0.333. The zero-order valence-electron chi connectivity index (χ0n) is 23.8. The fourth-order valence-electron chi connectivity index (χ4n) is 4.35. The molecule has 0 aliphatic rings. The second-order valence-electron chi connectivity index (χ2n) is 9.83. The summed E-state index contributed by atoms with van der Waals surface area (Å²) >= 11 is 6.20. The molecule has 0 heterocycles. The molecule has 0 radical (unpaired) electrons. The maximum absolute atomic E-state index is 14.2. The van der Waals surface area contributed by atoms with Gasteiger partial charge >= 0.3 is 0 Å². The van der Waals surface area contributed by atoms with E-state index in [9.17, 15) is 18.0 Å². The van der Waals surface area contributed by atoms with Crippen molar-refractivity contribution >= 4 is 39.1 Å². The van der Waals surface area contributed by atoms with Crippen LogP contribution in [0.3, 0.4) is 0 Å². The Balaban J connectivity index is 2.11. The van der Waals surface area contributed by atoms with Gasteiger partial charge in [-0.05, 0) is 55.3 Å². The van der Waals surface area contributed by atoms with E-state index < -0.39 is 28.5 Å². The van der Waals surface area contributed by atoms with E-state index in [1.54, 1.807) is 31.4 Å². The van der Waals surface area contributed by atoms with E-state index in [-0.39, 0.29) is 41.4 Å². The van der Waals surface area contributed by atoms with Crippen LogP contribution in [0.4, 0.5) is 5.69 Å². The maximum Gasteiger partial charge on any atom is 0.244 e. The number of hydrogen-bond acceptors (Lipinski definition) is 6. The van der Waals surface area contributed by atoms with E-state index in [1.807, 2.05) is 50.2 Å². The molecule has 1 N–H and O–H groups in total. The molecule has 9 nitrogen and oxygen atoms in total. The molecule has 3 rings (SSSR count). The van der Waals surface area contributed by atoms with Gasteiger partial charge in [-0.25, -0.2) is 8.42 Å². The van der Waals surface area contributed by atoms with E-state index in [4.69, 9.17) is 21.1 Å². The Morgan fingerprint density at radius 3 is 2.22 bits per heavy atom. The molecule has 1 atom stereocenters. The first kappa shape index (κ1) is 31.8. The second kappa shape index (κ2) is 14.2. The van der Waals surface area contributed by atoms with Gasteiger partial charge in [-0.1, -0.05) is 54.1 Å². The molecule has 0 saturated heterocycles. The standard InChI is InChI=1S/C30H36ClN3O6S/c1-21(2)32-30(36)27(17-22-10-7-6-8-11-22)33(19-23-12-9-13-25(16-23)39-3)29(35)20-34(41(5,37)38)26-18-24(31)14-15-28(26)40-4/h6-16,18,21,27H,17,19-20H2,1-5H3,(H,32,36)/t27-/m1/s1. The number of halogens is 1. The van der Waals surface area contributed by atoms with E-state index in [0.29, 0.717) is 11.3 Å². The largest absolute Gasteiger partial charge is 0.497 e. The van der Waals surface area contributed by atoms with Gasteiger partial charge in [0.2, 0.25) is 21.8 Å². The fourth-order valence-corrected chi connectivity index (χ4v) is 5.37. The summed E-state index contributed by atoms with van der Waals surface area (Å²) in [6.45, 7) is 3.12. The smallest absolute Gasteiger partial charge is 0.244 e. The predicted octanol–water partition coefficient (Wildman–Crippen LogP) is 4.29. The molecule has 0 unspecified atom stereocenters. The van der Waals surface area contributed by atoms with Crippen LogP contribution in [0.5, 0.6) is 11.5 Å². The first-order valence-corrected chi connectivity index (χ1v) is 15.2. The van der Waals surface area contributed by atoms with E-state index in [2.05, 4.69) is 5.32 Å². The molecule has 11 heteroatoms. The lowest BCUT2D eigenvalue weighted by Crippen LogP contribution is -2.54. The van der Waals surface area contributed by atoms with Crippen molar-refractivity contribution in [2.24, 2.45) is 0 Å². The molecule has 3 aromatic carbocycles. The van der Waals surface area contributed by atoms with Crippen molar-refractivity contribution in [3.8, 4) is 11.5 Å². The first-order chi connectivity index (χ1) is 19.4. The summed E-state index contributed by atoms with van der Waals surface area (Å²) in [5.41, 5.74) is 1.67. The lowest BCUT2D eigenvalue weighted by atomic mass is 10.0. The molecule has 220 valence electrons. The van der Waals surface area contributed by atoms with Gasteiger partial charge in [0.05, 0.1) is 26.2 Å². The average Bonchev–Trinajstić information content (AvgIpc) is 2.93. The summed E-state index contributed by atoms with van der Waals surface area (Å²) in [7, 11) is -1.04. The number of nitrogens with one attached hydrogen (secondary N) is 1. The summed E-state index contributed by atoms with van der Waals surface area (Å²) in [5, 5.41) is 3.19. The molecule has 3 aromatic rings. The Morgan fingerprint density at radius 1 is 0.927 bits per heavy atom. The quantitative estimate of drug-likeness (QED) is 0.313. The third-order valence-corrected chi connectivity index (χ3v) is 7.64. The number of rotatable bonds is 13. The molecule has 2 amide bonds. The van der Waals surface area contributed by atoms with Gasteiger partial charge in [0, 0.05) is 24.0 Å². The molecule has 0 aromatic heterocycles. The monoisotopic (exact) mass is 601 g/mol. The number of hydrogen-bond donors (Lipinski definition) is 1. The summed E-state index contributed by atoms with van der Waals surface area (Å²) in [6.07, 6.45) is 1.22. The minimum Gasteiger partial charge on any atom is -0.497 e. The highest BCUT2D eigenvalue weighted by molar-refractivity contribution is 7.92. The van der Waals surface area contributed by atoms with Gasteiger partial charge in [0.25, 0.3) is 0 Å². The molecule has 0 spiro atoms. The number of carbonyl (C=O) groups excluding carboxylic acids is 2. The molecule has 0 saturated carbocycles. The zero-order chi connectivity index (χ0) is 30.2. The Labute approximate surface area is 247 Å². The van der Waals surface area contributed by atoms with E-state index in [1.165, 1.54) is 24.1 Å². The number of methoxy groups -OCH3 is 2. The highest BCUT2D eigenvalue weighted by atomic mass is 35.5. The van der Waals surface area contributed by atoms with Gasteiger partial charge in [0.1, 0.15) is 24.1 Å². The molecular formula is C30H36ClN3O6S. The summed E-state index contributed by atoms with van der Waals surface area (Å²) in [4.78, 5) is 29.2. The van der Waals surface area contributed by atoms with Crippen LogP contribution in [0.15, 0.2) is 72.8 Å². The maximum atomic E-state index is 14.2. The third-order valence-electron chi connectivity index (χ3n) is 6.28. The Bertz CT molecular complexity index is 1450. The number of anilines is 1. The van der Waals surface area contributed by atoms with Crippen LogP contribution < -0.4 is 19.1 Å². The van der Waals surface area contributed by atoms with Crippen molar-refractivity contribution in [1.29, 1.82) is 0 Å². The number of nitrogens with zero attached hydrogens (tertiary/aromatic N) is 2. The summed E-state index contributed by atoms with van der Waals surface area (Å²) < 4.78 is 37.7. The molecule has 0 bridgehead atoms. The van der Waals surface area contributed by atoms with E-state index >= 15 is 0 Å². The molecule has 0 aliphatic heterocycles. The summed E-state index contributed by atoms with van der Waals surface area (Å²) in [6, 6.07) is 19.9. The van der Waals surface area contributed by atoms with Gasteiger partial charge in [-0.3, -0.25) is 13.9 Å². The topological polar surface area (TPSA) is 105 Å². The number of amides is 2. The minimum atomic E-state index is -3.98. The van der Waals surface area contributed by atoms with Crippen molar-refractivity contribution in [3.63, 3.8) is 0 Å². The van der Waals surface area contributed by atoms with Crippen molar-refractivity contribution < 1.29 is 27.5 Å². The lowest BCUT2D eigenvalue weighted by Gasteiger charge is -2.34. The normalized spacial score (nSPS) is 12.0. The van der Waals surface area contributed by atoms with Crippen LogP contribution in [-0.4, -0.2) is 64.2 Å². The van der Waals surface area contributed by atoms with Crippen LogP contribution in [-0.2, 0) is 32.6 Å². The Hall–Kier alpha value is -3.76. The molecule has 41 heavy (non-hydrogen) atoms. The zero-order valence-corrected chi connectivity index (χ0v) is 25.4. The summed E-state index contributed by atoms with van der Waals surface area (Å²) in [5.74, 6) is -0.126. The first-order valence-electron chi connectivity index (χ1n) is 13.0. The molecular weight excluding hydrogens is 566 g/mol. The number of sulfonamides is 1. The van der Waals surface area contributed by atoms with Crippen molar-refractivity contribution in [3.05, 3.63) is 88.9 Å². The third kappa shape index (κ3) is 8.86. The molecule has 0 aliphatic carbocycles. The van der Waals surface area contributed by atoms with E-state index in [0.717, 1.165) is 16.1 Å². The van der Waals surface area contributed by atoms with Crippen molar-refractivity contribution in [2.75, 3.05) is 31.3 Å². The van der Waals surface area contributed by atoms with Crippen LogP contribution in [0.1, 0.15) is 25.0 Å². The average molecular weight is 602 g/mol. The lowest BCUT2D eigenvalue weighted by molar-refractivity contribution is -0.140. The van der Waals surface area contributed by atoms with Gasteiger partial charge in [-0.2, -0.15) is 0 Å². The van der Waals surface area contributed by atoms with Gasteiger partial charge in [-0.15, -0.1) is 0 Å². The van der Waals surface area contributed by atoms with Crippen LogP contribution in [0.25, 0.3) is 0 Å². The van der Waals surface area contributed by atoms with Gasteiger partial charge in [0.15, 0.2) is 0 Å². The second-order valence-corrected chi connectivity index (χ2v) is 12.2. The van der Waals surface area contributed by atoms with Crippen LogP contribution in [0, 0.1) is 0 Å². The van der Waals surface area contributed by atoms with Gasteiger partial charge < -0.3 is 19.7 Å². The highest BCUT2D eigenvalue weighted by Crippen LogP contribution is 2.33. The van der Waals surface area contributed by atoms with Crippen LogP contribution >= 0.6 is 11.6 Å². The Morgan fingerprint density at radius 2 is 1.61 bits per heavy atom. The number of benzene rings is 3. The predicted molar refractivity (Wildman–Crippen MR) is 161 cm³/mol. The molecule has 0 fully saturated rings. The SMILES string of the molecule is COc1cccc(CN(C(=O)CN(c2cc(Cl)ccc2OC)S(C)(=O)=O)[C@H](Cc2ccccc2)C(=O)NC(C)C)c1. The Kier molecular flexibility index (Phi) is 11.0. The van der Waals surface area contributed by atoms with Crippen LogP contribution in [0.2, 0.25) is 5.02 Å². The van der Waals surface area contributed by atoms with Crippen molar-refractivity contribution in [1.82, 2.24) is 10.2 Å². The highest BCUT2D eigenvalue weighted by Gasteiger charge is 2.34.